The van der Waals surface area contributed by atoms with E-state index < -0.39 is 0 Å². The standard InChI is InChI=1S/C19H19ClN6O/c1-12-2-4-13(5-3-12)10-22-17-16(21)18(24-11-23-17)25-26-19(27)14-6-8-15(20)9-7-14/h2-9,11H,10,21H2,1H3,(H,26,27)(H2,22,23,24,25). The number of nitrogens with zero attached hydrogens (tertiary/aromatic N) is 2. The van der Waals surface area contributed by atoms with Crippen LogP contribution < -0.4 is 21.9 Å². The molecule has 5 N–H and O–H groups in total. The highest BCUT2D eigenvalue weighted by atomic mass is 35.5. The molecule has 1 aromatic heterocycles. The second kappa shape index (κ2) is 8.37. The van der Waals surface area contributed by atoms with Crippen LogP contribution in [-0.4, -0.2) is 15.9 Å². The predicted molar refractivity (Wildman–Crippen MR) is 107 cm³/mol. The van der Waals surface area contributed by atoms with E-state index in [2.05, 4.69) is 26.1 Å². The Morgan fingerprint density at radius 3 is 2.41 bits per heavy atom. The van der Waals surface area contributed by atoms with Gasteiger partial charge in [0.25, 0.3) is 5.91 Å². The van der Waals surface area contributed by atoms with E-state index in [1.165, 1.54) is 11.9 Å². The number of hydrogen-bond acceptors (Lipinski definition) is 6. The summed E-state index contributed by atoms with van der Waals surface area (Å²) in [5.74, 6) is 0.450. The lowest BCUT2D eigenvalue weighted by Gasteiger charge is -2.13. The molecule has 1 amide bonds. The molecule has 138 valence electrons. The van der Waals surface area contributed by atoms with Gasteiger partial charge in [-0.3, -0.25) is 15.6 Å². The van der Waals surface area contributed by atoms with Crippen LogP contribution in [0.2, 0.25) is 5.02 Å². The van der Waals surface area contributed by atoms with Crippen LogP contribution in [0.15, 0.2) is 54.9 Å². The summed E-state index contributed by atoms with van der Waals surface area (Å²) < 4.78 is 0. The van der Waals surface area contributed by atoms with Gasteiger partial charge in [-0.1, -0.05) is 41.4 Å². The van der Waals surface area contributed by atoms with Crippen molar-refractivity contribution in [1.82, 2.24) is 15.4 Å². The lowest BCUT2D eigenvalue weighted by Crippen LogP contribution is -2.30. The molecule has 0 fully saturated rings. The summed E-state index contributed by atoms with van der Waals surface area (Å²) in [5.41, 5.74) is 14.4. The molecule has 27 heavy (non-hydrogen) atoms. The number of benzene rings is 2. The van der Waals surface area contributed by atoms with Crippen molar-refractivity contribution in [2.24, 2.45) is 0 Å². The molecule has 3 rings (SSSR count). The Balaban J connectivity index is 1.63. The van der Waals surface area contributed by atoms with Gasteiger partial charge in [0, 0.05) is 17.1 Å². The van der Waals surface area contributed by atoms with Crippen molar-refractivity contribution in [3.8, 4) is 0 Å². The molecule has 7 nitrogen and oxygen atoms in total. The zero-order valence-corrected chi connectivity index (χ0v) is 15.4. The second-order valence-corrected chi connectivity index (χ2v) is 6.35. The summed E-state index contributed by atoms with van der Waals surface area (Å²) in [6, 6.07) is 14.7. The molecule has 1 heterocycles. The lowest BCUT2D eigenvalue weighted by molar-refractivity contribution is 0.0962. The number of carbonyl (C=O) groups is 1. The Bertz CT molecular complexity index is 928. The summed E-state index contributed by atoms with van der Waals surface area (Å²) >= 11 is 5.82. The number of carbonyl (C=O) groups excluding carboxylic acids is 1. The number of nitrogens with one attached hydrogen (secondary N) is 3. The zero-order chi connectivity index (χ0) is 19.2. The number of nitrogens with two attached hydrogens (primary N) is 1. The van der Waals surface area contributed by atoms with Crippen LogP contribution in [0.1, 0.15) is 21.5 Å². The van der Waals surface area contributed by atoms with Gasteiger partial charge in [-0.25, -0.2) is 9.97 Å². The first kappa shape index (κ1) is 18.5. The monoisotopic (exact) mass is 382 g/mol. The first-order valence-electron chi connectivity index (χ1n) is 8.25. The quantitative estimate of drug-likeness (QED) is 0.487. The number of amides is 1. The number of rotatable bonds is 6. The van der Waals surface area contributed by atoms with Gasteiger partial charge in [-0.05, 0) is 36.8 Å². The third kappa shape index (κ3) is 4.86. The predicted octanol–water partition coefficient (Wildman–Crippen LogP) is 3.39. The molecule has 2 aromatic carbocycles. The van der Waals surface area contributed by atoms with E-state index in [0.29, 0.717) is 34.5 Å². The highest BCUT2D eigenvalue weighted by Crippen LogP contribution is 2.22. The zero-order valence-electron chi connectivity index (χ0n) is 14.7. The van der Waals surface area contributed by atoms with Gasteiger partial charge in [-0.2, -0.15) is 0 Å². The molecule has 0 spiro atoms. The maximum absolute atomic E-state index is 12.1. The van der Waals surface area contributed by atoms with Crippen LogP contribution in [0, 0.1) is 6.92 Å². The van der Waals surface area contributed by atoms with Crippen LogP contribution in [0.5, 0.6) is 0 Å². The molecule has 0 saturated carbocycles. The molecule has 0 radical (unpaired) electrons. The third-order valence-corrected chi connectivity index (χ3v) is 4.12. The van der Waals surface area contributed by atoms with Crippen LogP contribution in [-0.2, 0) is 6.54 Å². The van der Waals surface area contributed by atoms with Crippen LogP contribution in [0.3, 0.4) is 0 Å². The molecule has 0 unspecified atom stereocenters. The molecule has 0 aliphatic carbocycles. The normalized spacial score (nSPS) is 10.3. The molecule has 0 saturated heterocycles. The summed E-state index contributed by atoms with van der Waals surface area (Å²) in [4.78, 5) is 20.4. The summed E-state index contributed by atoms with van der Waals surface area (Å²) in [6.45, 7) is 2.61. The van der Waals surface area contributed by atoms with E-state index in [0.717, 1.165) is 5.56 Å². The highest BCUT2D eigenvalue weighted by molar-refractivity contribution is 6.30. The Morgan fingerprint density at radius 1 is 1.04 bits per heavy atom. The number of hydrazine groups is 1. The minimum absolute atomic E-state index is 0.304. The average molecular weight is 383 g/mol. The Morgan fingerprint density at radius 2 is 1.70 bits per heavy atom. The average Bonchev–Trinajstić information content (AvgIpc) is 2.68. The Labute approximate surface area is 162 Å². The molecule has 8 heteroatoms. The fourth-order valence-electron chi connectivity index (χ4n) is 2.32. The third-order valence-electron chi connectivity index (χ3n) is 3.87. The minimum Gasteiger partial charge on any atom is -0.393 e. The molecule has 0 aliphatic heterocycles. The smallest absolute Gasteiger partial charge is 0.269 e. The van der Waals surface area contributed by atoms with E-state index in [-0.39, 0.29) is 5.91 Å². The van der Waals surface area contributed by atoms with Gasteiger partial charge in [0.05, 0.1) is 0 Å². The Kier molecular flexibility index (Phi) is 5.73. The fourth-order valence-corrected chi connectivity index (χ4v) is 2.44. The summed E-state index contributed by atoms with van der Waals surface area (Å²) in [5, 5.41) is 3.73. The van der Waals surface area contributed by atoms with Gasteiger partial charge in [0.2, 0.25) is 0 Å². The van der Waals surface area contributed by atoms with Crippen molar-refractivity contribution in [2.45, 2.75) is 13.5 Å². The topological polar surface area (TPSA) is 105 Å². The largest absolute Gasteiger partial charge is 0.393 e. The summed E-state index contributed by atoms with van der Waals surface area (Å²) in [6.07, 6.45) is 1.37. The molecule has 0 bridgehead atoms. The molecule has 0 aliphatic rings. The van der Waals surface area contributed by atoms with Gasteiger partial charge in [0.15, 0.2) is 11.6 Å². The molecule has 3 aromatic rings. The van der Waals surface area contributed by atoms with Crippen molar-refractivity contribution in [3.05, 3.63) is 76.6 Å². The summed E-state index contributed by atoms with van der Waals surface area (Å²) in [7, 11) is 0. The van der Waals surface area contributed by atoms with Crippen LogP contribution >= 0.6 is 11.6 Å². The van der Waals surface area contributed by atoms with Gasteiger partial charge < -0.3 is 11.1 Å². The fraction of sp³-hybridized carbons (Fsp3) is 0.105. The lowest BCUT2D eigenvalue weighted by atomic mass is 10.1. The van der Waals surface area contributed by atoms with E-state index in [4.69, 9.17) is 17.3 Å². The van der Waals surface area contributed by atoms with Crippen molar-refractivity contribution < 1.29 is 4.79 Å². The Hall–Kier alpha value is -3.32. The van der Waals surface area contributed by atoms with E-state index in [1.54, 1.807) is 24.3 Å². The molecule has 0 atom stereocenters. The maximum atomic E-state index is 12.1. The molecular formula is C19H19ClN6O. The van der Waals surface area contributed by atoms with Crippen LogP contribution in [0.4, 0.5) is 17.3 Å². The number of nitrogen functional groups attached to an aromatic ring is 1. The van der Waals surface area contributed by atoms with Gasteiger partial charge in [-0.15, -0.1) is 0 Å². The SMILES string of the molecule is Cc1ccc(CNc2ncnc(NNC(=O)c3ccc(Cl)cc3)c2N)cc1. The van der Waals surface area contributed by atoms with E-state index >= 15 is 0 Å². The van der Waals surface area contributed by atoms with E-state index in [1.807, 2.05) is 31.2 Å². The minimum atomic E-state index is -0.334. The first-order chi connectivity index (χ1) is 13.0. The van der Waals surface area contributed by atoms with Gasteiger partial charge in [0.1, 0.15) is 12.0 Å². The first-order valence-corrected chi connectivity index (χ1v) is 8.62. The van der Waals surface area contributed by atoms with Gasteiger partial charge >= 0.3 is 0 Å². The maximum Gasteiger partial charge on any atom is 0.269 e. The van der Waals surface area contributed by atoms with Crippen molar-refractivity contribution in [1.29, 1.82) is 0 Å². The second-order valence-electron chi connectivity index (χ2n) is 5.91. The number of hydrogen-bond donors (Lipinski definition) is 4. The van der Waals surface area contributed by atoms with Crippen molar-refractivity contribution in [3.63, 3.8) is 0 Å². The number of aryl methyl sites for hydroxylation is 1. The van der Waals surface area contributed by atoms with Crippen molar-refractivity contribution >= 4 is 34.8 Å². The van der Waals surface area contributed by atoms with E-state index in [9.17, 15) is 4.79 Å². The number of halogens is 1. The number of aromatic nitrogens is 2. The highest BCUT2D eigenvalue weighted by Gasteiger charge is 2.10. The number of anilines is 3. The van der Waals surface area contributed by atoms with Crippen LogP contribution in [0.25, 0.3) is 0 Å². The molecular weight excluding hydrogens is 364 g/mol. The van der Waals surface area contributed by atoms with Crippen molar-refractivity contribution in [2.75, 3.05) is 16.5 Å².